The van der Waals surface area contributed by atoms with E-state index in [4.69, 9.17) is 4.98 Å². The third-order valence-electron chi connectivity index (χ3n) is 6.43. The van der Waals surface area contributed by atoms with Crippen molar-refractivity contribution in [3.63, 3.8) is 0 Å². The van der Waals surface area contributed by atoms with E-state index in [9.17, 15) is 0 Å². The quantitative estimate of drug-likeness (QED) is 0.145. The minimum Gasteiger partial charge on any atom is -0.378 e. The number of hydrogen-bond acceptors (Lipinski definition) is 5. The van der Waals surface area contributed by atoms with Gasteiger partial charge in [0.2, 0.25) is 16.7 Å². The van der Waals surface area contributed by atoms with Crippen molar-refractivity contribution >= 4 is 44.8 Å². The lowest BCUT2D eigenvalue weighted by atomic mass is 10.1. The highest BCUT2D eigenvalue weighted by atomic mass is 15.1. The lowest BCUT2D eigenvalue weighted by Gasteiger charge is -2.21. The molecule has 5 aromatic rings. The van der Waals surface area contributed by atoms with Crippen LogP contribution in [0.4, 0.5) is 22.7 Å². The molecule has 0 saturated carbocycles. The average Bonchev–Trinajstić information content (AvgIpc) is 2.92. The first-order chi connectivity index (χ1) is 17.6. The van der Waals surface area contributed by atoms with Gasteiger partial charge in [-0.1, -0.05) is 24.3 Å². The van der Waals surface area contributed by atoms with Crippen molar-refractivity contribution < 1.29 is 4.57 Å². The lowest BCUT2D eigenvalue weighted by molar-refractivity contribution is -0.538. The van der Waals surface area contributed by atoms with Crippen LogP contribution in [0.2, 0.25) is 0 Å². The Balaban J connectivity index is 1.67. The van der Waals surface area contributed by atoms with E-state index < -0.39 is 0 Å². The van der Waals surface area contributed by atoms with E-state index >= 15 is 0 Å². The van der Waals surface area contributed by atoms with Crippen molar-refractivity contribution in [2.45, 2.75) is 13.8 Å². The first-order valence-corrected chi connectivity index (χ1v) is 12.4. The van der Waals surface area contributed by atoms with Crippen molar-refractivity contribution in [3.8, 4) is 5.69 Å². The van der Waals surface area contributed by atoms with Gasteiger partial charge < -0.3 is 9.80 Å². The highest BCUT2D eigenvalue weighted by Crippen LogP contribution is 2.29. The molecule has 180 valence electrons. The standard InChI is InChI=1S/C30H31N6/c1-5-35(6-2)27-13-10-14-28-30(27)31-26-20-17-23(21-29(26)36(28)25-11-8-7-9-12-25)33-32-22-15-18-24(19-16-22)34(3)4/h7-21H,5-6H2,1-4H3/q+1. The Morgan fingerprint density at radius 1 is 0.722 bits per heavy atom. The summed E-state index contributed by atoms with van der Waals surface area (Å²) in [6.45, 7) is 6.21. The largest absolute Gasteiger partial charge is 0.378 e. The number of nitrogens with zero attached hydrogens (tertiary/aromatic N) is 6. The van der Waals surface area contributed by atoms with Crippen LogP contribution in [0.1, 0.15) is 13.8 Å². The van der Waals surface area contributed by atoms with Crippen LogP contribution in [-0.2, 0) is 0 Å². The van der Waals surface area contributed by atoms with Crippen LogP contribution in [0, 0.1) is 0 Å². The smallest absolute Gasteiger partial charge is 0.239 e. The number of aromatic nitrogens is 2. The van der Waals surface area contributed by atoms with Crippen molar-refractivity contribution in [1.29, 1.82) is 0 Å². The van der Waals surface area contributed by atoms with Gasteiger partial charge in [0, 0.05) is 57.1 Å². The molecule has 0 aliphatic rings. The van der Waals surface area contributed by atoms with Gasteiger partial charge in [-0.15, -0.1) is 4.57 Å². The molecule has 0 fully saturated rings. The van der Waals surface area contributed by atoms with Gasteiger partial charge in [0.25, 0.3) is 0 Å². The normalized spacial score (nSPS) is 11.4. The first-order valence-electron chi connectivity index (χ1n) is 12.4. The van der Waals surface area contributed by atoms with Crippen molar-refractivity contribution in [2.75, 3.05) is 37.0 Å². The molecule has 0 unspecified atom stereocenters. The molecule has 0 N–H and O–H groups in total. The summed E-state index contributed by atoms with van der Waals surface area (Å²) in [5.41, 5.74) is 8.92. The number of fused-ring (bicyclic) bond motifs is 2. The van der Waals surface area contributed by atoms with Crippen molar-refractivity contribution in [1.82, 2.24) is 4.98 Å². The summed E-state index contributed by atoms with van der Waals surface area (Å²) < 4.78 is 2.27. The maximum atomic E-state index is 5.13. The number of para-hydroxylation sites is 2. The molecule has 0 saturated heterocycles. The van der Waals surface area contributed by atoms with Crippen LogP contribution in [0.25, 0.3) is 27.8 Å². The zero-order valence-corrected chi connectivity index (χ0v) is 21.3. The van der Waals surface area contributed by atoms with E-state index in [0.717, 1.165) is 63.6 Å². The maximum Gasteiger partial charge on any atom is 0.239 e. The lowest BCUT2D eigenvalue weighted by Crippen LogP contribution is -2.34. The highest BCUT2D eigenvalue weighted by Gasteiger charge is 2.22. The summed E-state index contributed by atoms with van der Waals surface area (Å²) in [4.78, 5) is 9.54. The number of azo groups is 1. The molecular weight excluding hydrogens is 444 g/mol. The van der Waals surface area contributed by atoms with Gasteiger partial charge in [-0.2, -0.15) is 10.2 Å². The van der Waals surface area contributed by atoms with Crippen LogP contribution in [-0.4, -0.2) is 32.2 Å². The van der Waals surface area contributed by atoms with Gasteiger partial charge in [-0.05, 0) is 56.3 Å². The third kappa shape index (κ3) is 4.50. The summed E-state index contributed by atoms with van der Waals surface area (Å²) in [6, 6.07) is 31.0. The Kier molecular flexibility index (Phi) is 6.58. The molecule has 1 heterocycles. The molecule has 0 spiro atoms. The second-order valence-corrected chi connectivity index (χ2v) is 8.88. The molecule has 0 amide bonds. The van der Waals surface area contributed by atoms with Gasteiger partial charge in [0.05, 0.1) is 17.1 Å². The minimum absolute atomic E-state index is 0.782. The molecule has 0 aliphatic heterocycles. The SMILES string of the molecule is CCN(CC)c1cccc2c1nc1ccc(N=Nc3ccc(N(C)C)cc3)cc1[n+]2-c1ccccc1. The molecular formula is C30H31N6+. The van der Waals surface area contributed by atoms with E-state index in [1.165, 1.54) is 0 Å². The fourth-order valence-electron chi connectivity index (χ4n) is 4.52. The van der Waals surface area contributed by atoms with E-state index in [2.05, 4.69) is 87.0 Å². The Bertz CT molecular complexity index is 1520. The van der Waals surface area contributed by atoms with Crippen molar-refractivity contribution in [2.24, 2.45) is 10.2 Å². The van der Waals surface area contributed by atoms with E-state index in [1.807, 2.05) is 56.6 Å². The Hall–Kier alpha value is -4.32. The Labute approximate surface area is 212 Å². The molecule has 6 heteroatoms. The molecule has 6 nitrogen and oxygen atoms in total. The topological polar surface area (TPSA) is 48.0 Å². The van der Waals surface area contributed by atoms with Crippen LogP contribution in [0.15, 0.2) is 101 Å². The highest BCUT2D eigenvalue weighted by molar-refractivity contribution is 5.91. The second-order valence-electron chi connectivity index (χ2n) is 8.88. The summed E-state index contributed by atoms with van der Waals surface area (Å²) in [7, 11) is 4.05. The molecule has 5 rings (SSSR count). The fraction of sp³-hybridized carbons (Fsp3) is 0.200. The summed E-state index contributed by atoms with van der Waals surface area (Å²) in [6.07, 6.45) is 0. The van der Waals surface area contributed by atoms with Gasteiger partial charge in [0.1, 0.15) is 5.52 Å². The van der Waals surface area contributed by atoms with E-state index in [1.54, 1.807) is 0 Å². The number of rotatable bonds is 7. The Morgan fingerprint density at radius 2 is 1.42 bits per heavy atom. The summed E-state index contributed by atoms with van der Waals surface area (Å²) >= 11 is 0. The molecule has 4 aromatic carbocycles. The minimum atomic E-state index is 0.782. The molecule has 0 radical (unpaired) electrons. The zero-order chi connectivity index (χ0) is 25.1. The van der Waals surface area contributed by atoms with Gasteiger partial charge in [0.15, 0.2) is 5.52 Å². The maximum absolute atomic E-state index is 5.13. The van der Waals surface area contributed by atoms with Gasteiger partial charge in [-0.25, -0.2) is 4.98 Å². The first kappa shape index (κ1) is 23.4. The molecule has 0 bridgehead atoms. The predicted octanol–water partition coefficient (Wildman–Crippen LogP) is 6.99. The number of benzene rings is 4. The molecule has 1 aromatic heterocycles. The fourth-order valence-corrected chi connectivity index (χ4v) is 4.52. The monoisotopic (exact) mass is 475 g/mol. The zero-order valence-electron chi connectivity index (χ0n) is 21.3. The summed E-state index contributed by atoms with van der Waals surface area (Å²) in [5.74, 6) is 0. The summed E-state index contributed by atoms with van der Waals surface area (Å²) in [5, 5.41) is 9.03. The van der Waals surface area contributed by atoms with Gasteiger partial charge >= 0.3 is 0 Å². The van der Waals surface area contributed by atoms with Crippen LogP contribution < -0.4 is 14.4 Å². The number of hydrogen-bond donors (Lipinski definition) is 0. The molecule has 0 atom stereocenters. The predicted molar refractivity (Wildman–Crippen MR) is 149 cm³/mol. The van der Waals surface area contributed by atoms with Crippen molar-refractivity contribution in [3.05, 3.63) is 91.0 Å². The molecule has 36 heavy (non-hydrogen) atoms. The van der Waals surface area contributed by atoms with E-state index in [-0.39, 0.29) is 0 Å². The Morgan fingerprint density at radius 3 is 2.11 bits per heavy atom. The van der Waals surface area contributed by atoms with Crippen LogP contribution in [0.3, 0.4) is 0 Å². The number of anilines is 2. The van der Waals surface area contributed by atoms with Gasteiger partial charge in [-0.3, -0.25) is 0 Å². The molecule has 0 aliphatic carbocycles. The second kappa shape index (κ2) is 10.1. The van der Waals surface area contributed by atoms with E-state index in [0.29, 0.717) is 0 Å². The van der Waals surface area contributed by atoms with Crippen LogP contribution in [0.5, 0.6) is 0 Å². The average molecular weight is 476 g/mol. The van der Waals surface area contributed by atoms with Crippen LogP contribution >= 0.6 is 0 Å². The third-order valence-corrected chi connectivity index (χ3v) is 6.43.